The van der Waals surface area contributed by atoms with Gasteiger partial charge in [-0.25, -0.2) is 4.98 Å². The van der Waals surface area contributed by atoms with Crippen LogP contribution in [0.2, 0.25) is 0 Å². The molecule has 5 nitrogen and oxygen atoms in total. The molecule has 0 fully saturated rings. The molecule has 0 amide bonds. The van der Waals surface area contributed by atoms with Gasteiger partial charge in [-0.3, -0.25) is 4.68 Å². The van der Waals surface area contributed by atoms with Crippen LogP contribution in [0.4, 0.5) is 0 Å². The number of nitrogens with zero attached hydrogens (tertiary/aromatic N) is 3. The Morgan fingerprint density at radius 3 is 2.68 bits per heavy atom. The number of furan rings is 1. The van der Waals surface area contributed by atoms with Gasteiger partial charge in [-0.1, -0.05) is 48.5 Å². The number of hydrogen-bond donors (Lipinski definition) is 1. The van der Waals surface area contributed by atoms with Gasteiger partial charge in [0.25, 0.3) is 0 Å². The lowest BCUT2D eigenvalue weighted by Gasteiger charge is -2.11. The number of thiazole rings is 1. The highest BCUT2D eigenvalue weighted by Crippen LogP contribution is 2.29. The zero-order valence-electron chi connectivity index (χ0n) is 17.6. The number of aryl methyl sites for hydroxylation is 1. The Kier molecular flexibility index (Phi) is 5.40. The summed E-state index contributed by atoms with van der Waals surface area (Å²) in [5.41, 5.74) is 5.15. The third-order valence-electron chi connectivity index (χ3n) is 5.36. The summed E-state index contributed by atoms with van der Waals surface area (Å²) < 4.78 is 8.13. The minimum Gasteiger partial charge on any atom is -0.454 e. The molecule has 0 aliphatic heterocycles. The first-order valence-electron chi connectivity index (χ1n) is 10.4. The zero-order valence-corrected chi connectivity index (χ0v) is 18.4. The highest BCUT2D eigenvalue weighted by Gasteiger charge is 2.17. The van der Waals surface area contributed by atoms with Gasteiger partial charge in [-0.05, 0) is 31.5 Å². The molecule has 0 radical (unpaired) electrons. The summed E-state index contributed by atoms with van der Waals surface area (Å²) in [6.07, 6.45) is 2.11. The van der Waals surface area contributed by atoms with Crippen LogP contribution in [0.15, 0.2) is 76.7 Å². The van der Waals surface area contributed by atoms with Crippen molar-refractivity contribution < 1.29 is 4.42 Å². The molecule has 1 unspecified atom stereocenters. The van der Waals surface area contributed by atoms with Crippen molar-refractivity contribution >= 4 is 22.3 Å². The molecule has 0 bridgehead atoms. The molecule has 31 heavy (non-hydrogen) atoms. The van der Waals surface area contributed by atoms with Crippen LogP contribution in [-0.2, 0) is 13.1 Å². The van der Waals surface area contributed by atoms with E-state index in [9.17, 15) is 0 Å². The Bertz CT molecular complexity index is 1270. The predicted molar refractivity (Wildman–Crippen MR) is 125 cm³/mol. The fourth-order valence-corrected chi connectivity index (χ4v) is 4.40. The maximum absolute atomic E-state index is 6.14. The molecule has 0 aliphatic rings. The lowest BCUT2D eigenvalue weighted by atomic mass is 10.1. The van der Waals surface area contributed by atoms with Crippen molar-refractivity contribution in [2.75, 3.05) is 0 Å². The van der Waals surface area contributed by atoms with Crippen molar-refractivity contribution in [1.29, 1.82) is 0 Å². The monoisotopic (exact) mass is 428 g/mol. The molecule has 0 saturated heterocycles. The summed E-state index contributed by atoms with van der Waals surface area (Å²) in [6.45, 7) is 5.58. The Morgan fingerprint density at radius 1 is 1.10 bits per heavy atom. The van der Waals surface area contributed by atoms with Crippen LogP contribution >= 0.6 is 11.3 Å². The van der Waals surface area contributed by atoms with Crippen molar-refractivity contribution in [3.63, 3.8) is 0 Å². The summed E-state index contributed by atoms with van der Waals surface area (Å²) >= 11 is 1.68. The van der Waals surface area contributed by atoms with Crippen LogP contribution in [0.25, 0.3) is 22.4 Å². The summed E-state index contributed by atoms with van der Waals surface area (Å²) in [6, 6.07) is 20.7. The van der Waals surface area contributed by atoms with Gasteiger partial charge in [0, 0.05) is 35.1 Å². The van der Waals surface area contributed by atoms with Crippen molar-refractivity contribution in [1.82, 2.24) is 20.1 Å². The van der Waals surface area contributed by atoms with E-state index < -0.39 is 0 Å². The quantitative estimate of drug-likeness (QED) is 0.347. The Morgan fingerprint density at radius 2 is 1.90 bits per heavy atom. The normalized spacial score (nSPS) is 12.5. The van der Waals surface area contributed by atoms with Gasteiger partial charge < -0.3 is 9.73 Å². The van der Waals surface area contributed by atoms with E-state index in [0.29, 0.717) is 6.54 Å². The smallest absolute Gasteiger partial charge is 0.156 e. The molecule has 2 aromatic carbocycles. The van der Waals surface area contributed by atoms with E-state index in [1.165, 1.54) is 5.56 Å². The molecule has 0 saturated carbocycles. The second kappa shape index (κ2) is 8.49. The molecule has 1 N–H and O–H groups in total. The SMILES string of the molecule is Cc1nc(C(C)NCc2cn(Cc3ccccc3)nc2-c2cc3ccccc3o2)cs1. The van der Waals surface area contributed by atoms with Gasteiger partial charge in [-0.2, -0.15) is 5.10 Å². The minimum atomic E-state index is 0.158. The second-order valence-corrected chi connectivity index (χ2v) is 8.79. The number of para-hydroxylation sites is 1. The van der Waals surface area contributed by atoms with Gasteiger partial charge in [-0.15, -0.1) is 11.3 Å². The molecule has 6 heteroatoms. The largest absolute Gasteiger partial charge is 0.454 e. The van der Waals surface area contributed by atoms with Gasteiger partial charge >= 0.3 is 0 Å². The van der Waals surface area contributed by atoms with E-state index in [1.54, 1.807) is 11.3 Å². The molecule has 3 heterocycles. The standard InChI is InChI=1S/C25H24N4OS/c1-17(22-16-31-18(2)27-22)26-13-21-15-29(14-19-8-4-3-5-9-19)28-25(21)24-12-20-10-6-7-11-23(20)30-24/h3-12,15-17,26H,13-14H2,1-2H3. The molecular formula is C25H24N4OS. The molecular weight excluding hydrogens is 404 g/mol. The van der Waals surface area contributed by atoms with Crippen molar-refractivity contribution in [2.45, 2.75) is 33.0 Å². The van der Waals surface area contributed by atoms with Crippen molar-refractivity contribution in [2.24, 2.45) is 0 Å². The van der Waals surface area contributed by atoms with E-state index in [0.717, 1.165) is 45.2 Å². The number of fused-ring (bicyclic) bond motifs is 1. The van der Waals surface area contributed by atoms with Gasteiger partial charge in [0.2, 0.25) is 0 Å². The fourth-order valence-electron chi connectivity index (χ4n) is 3.70. The first kappa shape index (κ1) is 19.7. The molecule has 3 aromatic heterocycles. The summed E-state index contributed by atoms with van der Waals surface area (Å²) in [4.78, 5) is 4.61. The summed E-state index contributed by atoms with van der Waals surface area (Å²) in [5.74, 6) is 0.793. The first-order valence-corrected chi connectivity index (χ1v) is 11.3. The average Bonchev–Trinajstić information content (AvgIpc) is 3.50. The lowest BCUT2D eigenvalue weighted by Crippen LogP contribution is -2.18. The highest BCUT2D eigenvalue weighted by atomic mass is 32.1. The third-order valence-corrected chi connectivity index (χ3v) is 6.15. The number of benzene rings is 2. The van der Waals surface area contributed by atoms with E-state index in [-0.39, 0.29) is 6.04 Å². The Hall–Kier alpha value is -3.22. The first-order chi connectivity index (χ1) is 15.2. The summed E-state index contributed by atoms with van der Waals surface area (Å²) in [7, 11) is 0. The average molecular weight is 429 g/mol. The van der Waals surface area contributed by atoms with E-state index in [1.807, 2.05) is 35.9 Å². The molecule has 0 aliphatic carbocycles. The minimum absolute atomic E-state index is 0.158. The Labute approximate surface area is 185 Å². The van der Waals surface area contributed by atoms with E-state index >= 15 is 0 Å². The predicted octanol–water partition coefficient (Wildman–Crippen LogP) is 5.96. The van der Waals surface area contributed by atoms with Gasteiger partial charge in [0.05, 0.1) is 17.2 Å². The van der Waals surface area contributed by atoms with Crippen LogP contribution in [-0.4, -0.2) is 14.8 Å². The van der Waals surface area contributed by atoms with Gasteiger partial charge in [0.15, 0.2) is 5.76 Å². The highest BCUT2D eigenvalue weighted by molar-refractivity contribution is 7.09. The van der Waals surface area contributed by atoms with Crippen LogP contribution < -0.4 is 5.32 Å². The van der Waals surface area contributed by atoms with E-state index in [4.69, 9.17) is 9.52 Å². The van der Waals surface area contributed by atoms with Crippen LogP contribution in [0.1, 0.15) is 34.8 Å². The summed E-state index contributed by atoms with van der Waals surface area (Å²) in [5, 5.41) is 12.8. The topological polar surface area (TPSA) is 55.9 Å². The number of nitrogens with one attached hydrogen (secondary N) is 1. The second-order valence-electron chi connectivity index (χ2n) is 7.73. The number of rotatable bonds is 7. The fraction of sp³-hybridized carbons (Fsp3) is 0.200. The van der Waals surface area contributed by atoms with E-state index in [2.05, 4.69) is 65.2 Å². The zero-order chi connectivity index (χ0) is 21.2. The van der Waals surface area contributed by atoms with Crippen LogP contribution in [0, 0.1) is 6.92 Å². The molecule has 0 spiro atoms. The van der Waals surface area contributed by atoms with Crippen molar-refractivity contribution in [3.05, 3.63) is 94.1 Å². The van der Waals surface area contributed by atoms with Gasteiger partial charge in [0.1, 0.15) is 11.3 Å². The molecule has 5 rings (SSSR count). The maximum atomic E-state index is 6.14. The van der Waals surface area contributed by atoms with Crippen LogP contribution in [0.5, 0.6) is 0 Å². The lowest BCUT2D eigenvalue weighted by molar-refractivity contribution is 0.562. The van der Waals surface area contributed by atoms with Crippen molar-refractivity contribution in [3.8, 4) is 11.5 Å². The molecule has 156 valence electrons. The van der Waals surface area contributed by atoms with Crippen LogP contribution in [0.3, 0.4) is 0 Å². The number of hydrogen-bond acceptors (Lipinski definition) is 5. The number of aromatic nitrogens is 3. The molecule has 5 aromatic rings. The maximum Gasteiger partial charge on any atom is 0.156 e. The Balaban J connectivity index is 1.45. The third kappa shape index (κ3) is 4.31. The molecule has 1 atom stereocenters.